The molecule has 2 amide bonds. The molecule has 5 heteroatoms. The summed E-state index contributed by atoms with van der Waals surface area (Å²) in [4.78, 5) is 20.2. The van der Waals surface area contributed by atoms with Crippen molar-refractivity contribution in [2.24, 2.45) is 0 Å². The van der Waals surface area contributed by atoms with Crippen LogP contribution < -0.4 is 5.32 Å². The molecule has 0 radical (unpaired) electrons. The molecule has 5 nitrogen and oxygen atoms in total. The van der Waals surface area contributed by atoms with Gasteiger partial charge in [0.25, 0.3) is 0 Å². The van der Waals surface area contributed by atoms with Gasteiger partial charge in [-0.25, -0.2) is 4.79 Å². The van der Waals surface area contributed by atoms with Gasteiger partial charge in [0.05, 0.1) is 0 Å². The number of pyridine rings is 1. The van der Waals surface area contributed by atoms with Crippen molar-refractivity contribution in [3.8, 4) is 0 Å². The second-order valence-electron chi connectivity index (χ2n) is 6.17. The number of amides is 2. The molecule has 0 aliphatic rings. The highest BCUT2D eigenvalue weighted by Gasteiger charge is 2.08. The molecule has 0 aliphatic heterocycles. The number of hydrogen-bond donors (Lipinski definition) is 1. The number of rotatable bonds is 7. The first-order valence-corrected chi connectivity index (χ1v) is 8.20. The lowest BCUT2D eigenvalue weighted by atomic mass is 10.1. The number of anilines is 1. The van der Waals surface area contributed by atoms with E-state index in [-0.39, 0.29) is 6.03 Å². The highest BCUT2D eigenvalue weighted by atomic mass is 16.2. The molecule has 0 atom stereocenters. The van der Waals surface area contributed by atoms with Crippen LogP contribution >= 0.6 is 0 Å². The molecule has 1 aromatic carbocycles. The monoisotopic (exact) mass is 326 g/mol. The van der Waals surface area contributed by atoms with Gasteiger partial charge < -0.3 is 15.1 Å². The predicted octanol–water partition coefficient (Wildman–Crippen LogP) is 2.89. The lowest BCUT2D eigenvalue weighted by molar-refractivity contribution is 0.217. The summed E-state index contributed by atoms with van der Waals surface area (Å²) in [6, 6.07) is 13.9. The molecule has 0 bridgehead atoms. The number of carbonyl (C=O) groups is 1. The van der Waals surface area contributed by atoms with Crippen LogP contribution in [0.4, 0.5) is 10.5 Å². The van der Waals surface area contributed by atoms with E-state index in [1.165, 1.54) is 5.56 Å². The Balaban J connectivity index is 1.82. The zero-order valence-electron chi connectivity index (χ0n) is 14.7. The van der Waals surface area contributed by atoms with Crippen molar-refractivity contribution in [1.29, 1.82) is 0 Å². The van der Waals surface area contributed by atoms with E-state index >= 15 is 0 Å². The number of urea groups is 1. The Labute approximate surface area is 144 Å². The third kappa shape index (κ3) is 6.01. The Morgan fingerprint density at radius 1 is 1.00 bits per heavy atom. The molecule has 128 valence electrons. The Bertz CT molecular complexity index is 626. The predicted molar refractivity (Wildman–Crippen MR) is 98.3 cm³/mol. The maximum absolute atomic E-state index is 12.1. The number of hydrogen-bond acceptors (Lipinski definition) is 3. The highest BCUT2D eigenvalue weighted by molar-refractivity contribution is 5.89. The van der Waals surface area contributed by atoms with E-state index in [2.05, 4.69) is 27.3 Å². The summed E-state index contributed by atoms with van der Waals surface area (Å²) in [7, 11) is 5.80. The van der Waals surface area contributed by atoms with Gasteiger partial charge in [-0.05, 0) is 56.8 Å². The maximum Gasteiger partial charge on any atom is 0.321 e. The Hall–Kier alpha value is -2.40. The van der Waals surface area contributed by atoms with Crippen LogP contribution in [-0.2, 0) is 12.8 Å². The van der Waals surface area contributed by atoms with Crippen LogP contribution in [0.5, 0.6) is 0 Å². The van der Waals surface area contributed by atoms with Crippen molar-refractivity contribution in [2.75, 3.05) is 39.5 Å². The summed E-state index contributed by atoms with van der Waals surface area (Å²) in [6.45, 7) is 1.54. The first-order chi connectivity index (χ1) is 11.5. The third-order valence-electron chi connectivity index (χ3n) is 3.83. The Morgan fingerprint density at radius 3 is 2.38 bits per heavy atom. The van der Waals surface area contributed by atoms with E-state index in [4.69, 9.17) is 0 Å². The number of nitrogens with zero attached hydrogens (tertiary/aromatic N) is 3. The smallest absolute Gasteiger partial charge is 0.321 e. The van der Waals surface area contributed by atoms with Gasteiger partial charge in [-0.15, -0.1) is 0 Å². The molecule has 2 rings (SSSR count). The lowest BCUT2D eigenvalue weighted by Gasteiger charge is -2.20. The molecule has 1 aromatic heterocycles. The van der Waals surface area contributed by atoms with Gasteiger partial charge in [0, 0.05) is 37.7 Å². The van der Waals surface area contributed by atoms with E-state index in [9.17, 15) is 4.79 Å². The van der Waals surface area contributed by atoms with Gasteiger partial charge in [0.15, 0.2) is 0 Å². The van der Waals surface area contributed by atoms with E-state index in [1.54, 1.807) is 11.9 Å². The number of nitrogens with one attached hydrogen (secondary N) is 1. The second-order valence-corrected chi connectivity index (χ2v) is 6.17. The standard InChI is InChI=1S/C19H26N4O/c1-22(2)14-15-23(3)19(24)21-18-11-8-16(9-12-18)7-10-17-6-4-5-13-20-17/h4-6,8-9,11-13H,7,10,14-15H2,1-3H3,(H,21,24). The molecular formula is C19H26N4O. The van der Waals surface area contributed by atoms with Crippen LogP contribution in [0.25, 0.3) is 0 Å². The topological polar surface area (TPSA) is 48.5 Å². The van der Waals surface area contributed by atoms with Crippen LogP contribution in [0.15, 0.2) is 48.7 Å². The molecule has 0 fully saturated rings. The molecular weight excluding hydrogens is 300 g/mol. The summed E-state index contributed by atoms with van der Waals surface area (Å²) in [5.74, 6) is 0. The molecule has 24 heavy (non-hydrogen) atoms. The van der Waals surface area contributed by atoms with Gasteiger partial charge >= 0.3 is 6.03 Å². The van der Waals surface area contributed by atoms with E-state index in [1.807, 2.05) is 50.6 Å². The minimum Gasteiger partial charge on any atom is -0.326 e. The minimum atomic E-state index is -0.0851. The average Bonchev–Trinajstić information content (AvgIpc) is 2.60. The lowest BCUT2D eigenvalue weighted by Crippen LogP contribution is -2.36. The Morgan fingerprint density at radius 2 is 1.75 bits per heavy atom. The van der Waals surface area contributed by atoms with Crippen LogP contribution in [0, 0.1) is 0 Å². The largest absolute Gasteiger partial charge is 0.326 e. The zero-order chi connectivity index (χ0) is 17.4. The van der Waals surface area contributed by atoms with E-state index in [0.29, 0.717) is 6.54 Å². The first kappa shape index (κ1) is 17.9. The van der Waals surface area contributed by atoms with Crippen molar-refractivity contribution in [3.05, 3.63) is 59.9 Å². The summed E-state index contributed by atoms with van der Waals surface area (Å²) >= 11 is 0. The van der Waals surface area contributed by atoms with Crippen molar-refractivity contribution in [3.63, 3.8) is 0 Å². The van der Waals surface area contributed by atoms with Crippen LogP contribution in [-0.4, -0.2) is 55.0 Å². The van der Waals surface area contributed by atoms with Gasteiger partial charge in [-0.2, -0.15) is 0 Å². The van der Waals surface area contributed by atoms with Gasteiger partial charge in [0.2, 0.25) is 0 Å². The molecule has 0 unspecified atom stereocenters. The minimum absolute atomic E-state index is 0.0851. The van der Waals surface area contributed by atoms with Crippen molar-refractivity contribution >= 4 is 11.7 Å². The summed E-state index contributed by atoms with van der Waals surface area (Å²) in [5, 5.41) is 2.92. The highest BCUT2D eigenvalue weighted by Crippen LogP contribution is 2.12. The number of aryl methyl sites for hydroxylation is 2. The summed E-state index contributed by atoms with van der Waals surface area (Å²) in [5.41, 5.74) is 3.15. The van der Waals surface area contributed by atoms with Crippen molar-refractivity contribution in [1.82, 2.24) is 14.8 Å². The molecule has 1 heterocycles. The third-order valence-corrected chi connectivity index (χ3v) is 3.83. The number of aromatic nitrogens is 1. The summed E-state index contributed by atoms with van der Waals surface area (Å²) in [6.07, 6.45) is 3.68. The van der Waals surface area contributed by atoms with E-state index < -0.39 is 0 Å². The van der Waals surface area contributed by atoms with Gasteiger partial charge in [0.1, 0.15) is 0 Å². The maximum atomic E-state index is 12.1. The number of likely N-dealkylation sites (N-methyl/N-ethyl adjacent to an activating group) is 2. The molecule has 2 aromatic rings. The quantitative estimate of drug-likeness (QED) is 0.851. The zero-order valence-corrected chi connectivity index (χ0v) is 14.7. The average molecular weight is 326 g/mol. The normalized spacial score (nSPS) is 10.7. The molecule has 1 N–H and O–H groups in total. The number of carbonyl (C=O) groups excluding carboxylic acids is 1. The number of benzene rings is 1. The fraction of sp³-hybridized carbons (Fsp3) is 0.368. The fourth-order valence-electron chi connectivity index (χ4n) is 2.24. The molecule has 0 spiro atoms. The van der Waals surface area contributed by atoms with Crippen LogP contribution in [0.1, 0.15) is 11.3 Å². The van der Waals surface area contributed by atoms with Crippen LogP contribution in [0.2, 0.25) is 0 Å². The molecule has 0 saturated heterocycles. The van der Waals surface area contributed by atoms with E-state index in [0.717, 1.165) is 30.8 Å². The first-order valence-electron chi connectivity index (χ1n) is 8.20. The van der Waals surface area contributed by atoms with Gasteiger partial charge in [-0.1, -0.05) is 18.2 Å². The SMILES string of the molecule is CN(C)CCN(C)C(=O)Nc1ccc(CCc2ccccn2)cc1. The fourth-order valence-corrected chi connectivity index (χ4v) is 2.24. The molecule has 0 saturated carbocycles. The van der Waals surface area contributed by atoms with Gasteiger partial charge in [-0.3, -0.25) is 4.98 Å². The molecule has 0 aliphatic carbocycles. The second kappa shape index (κ2) is 9.03. The summed E-state index contributed by atoms with van der Waals surface area (Å²) < 4.78 is 0. The van der Waals surface area contributed by atoms with Crippen molar-refractivity contribution < 1.29 is 4.79 Å². The van der Waals surface area contributed by atoms with Crippen LogP contribution in [0.3, 0.4) is 0 Å². The Kier molecular flexibility index (Phi) is 6.75. The van der Waals surface area contributed by atoms with Crippen molar-refractivity contribution in [2.45, 2.75) is 12.8 Å².